The molecule has 1 N–H and O–H groups in total. The van der Waals surface area contributed by atoms with E-state index in [1.54, 1.807) is 0 Å². The summed E-state index contributed by atoms with van der Waals surface area (Å²) in [6.45, 7) is 4.18. The van der Waals surface area contributed by atoms with E-state index in [1.165, 1.54) is 38.5 Å². The molecule has 0 radical (unpaired) electrons. The molecule has 1 unspecified atom stereocenters. The number of esters is 2. The highest BCUT2D eigenvalue weighted by Gasteiger charge is 2.27. The highest BCUT2D eigenvalue weighted by atomic mass is 31.2. The number of allylic oxidation sites excluding steroid dienone is 14. The van der Waals surface area contributed by atoms with Crippen LogP contribution in [-0.2, 0) is 32.7 Å². The van der Waals surface area contributed by atoms with Gasteiger partial charge < -0.3 is 18.9 Å². The molecule has 0 rings (SSSR count). The summed E-state index contributed by atoms with van der Waals surface area (Å²) in [6.07, 6.45) is 49.3. The average Bonchev–Trinajstić information content (AvgIpc) is 3.16. The van der Waals surface area contributed by atoms with Gasteiger partial charge in [0.25, 0.3) is 0 Å². The van der Waals surface area contributed by atoms with Crippen molar-refractivity contribution in [3.05, 3.63) is 85.1 Å². The monoisotopic (exact) mass is 819 g/mol. The van der Waals surface area contributed by atoms with Crippen LogP contribution in [0.15, 0.2) is 85.1 Å². The Morgan fingerprint density at radius 2 is 1.04 bits per heavy atom. The lowest BCUT2D eigenvalue weighted by Crippen LogP contribution is -2.37. The Hall–Kier alpha value is -2.81. The molecular formula is C47H81NO8P+. The number of hydrogen-bond donors (Lipinski definition) is 1. The molecule has 0 amide bonds. The molecule has 57 heavy (non-hydrogen) atoms. The first-order chi connectivity index (χ1) is 27.5. The fourth-order valence-electron chi connectivity index (χ4n) is 5.27. The van der Waals surface area contributed by atoms with Crippen LogP contribution in [0.1, 0.15) is 149 Å². The Kier molecular flexibility index (Phi) is 36.8. The van der Waals surface area contributed by atoms with E-state index >= 15 is 0 Å². The zero-order valence-corrected chi connectivity index (χ0v) is 37.4. The van der Waals surface area contributed by atoms with Gasteiger partial charge in [-0.05, 0) is 77.0 Å². The minimum atomic E-state index is -4.40. The topological polar surface area (TPSA) is 108 Å². The van der Waals surface area contributed by atoms with Gasteiger partial charge in [-0.25, -0.2) is 4.57 Å². The van der Waals surface area contributed by atoms with E-state index in [1.807, 2.05) is 33.3 Å². The van der Waals surface area contributed by atoms with Crippen molar-refractivity contribution in [2.24, 2.45) is 0 Å². The Labute approximate surface area is 348 Å². The molecule has 0 aliphatic carbocycles. The third-order valence-electron chi connectivity index (χ3n) is 8.67. The number of ether oxygens (including phenoxy) is 2. The lowest BCUT2D eigenvalue weighted by atomic mass is 10.1. The van der Waals surface area contributed by atoms with Crippen LogP contribution >= 0.6 is 7.82 Å². The highest BCUT2D eigenvalue weighted by Crippen LogP contribution is 2.43. The van der Waals surface area contributed by atoms with Crippen molar-refractivity contribution in [2.75, 3.05) is 47.5 Å². The van der Waals surface area contributed by atoms with Crippen LogP contribution in [-0.4, -0.2) is 74.9 Å². The van der Waals surface area contributed by atoms with E-state index in [2.05, 4.69) is 86.8 Å². The molecule has 326 valence electrons. The number of carbonyl (C=O) groups is 2. The van der Waals surface area contributed by atoms with Crippen LogP contribution < -0.4 is 0 Å². The summed E-state index contributed by atoms with van der Waals surface area (Å²) in [5, 5.41) is 0. The zero-order chi connectivity index (χ0) is 42.1. The molecule has 0 aliphatic heterocycles. The van der Waals surface area contributed by atoms with Gasteiger partial charge in [0.1, 0.15) is 19.8 Å². The summed E-state index contributed by atoms with van der Waals surface area (Å²) < 4.78 is 34.2. The molecule has 0 bridgehead atoms. The fourth-order valence-corrected chi connectivity index (χ4v) is 6.01. The number of carbonyl (C=O) groups excluding carboxylic acids is 2. The molecule has 0 aliphatic rings. The van der Waals surface area contributed by atoms with Gasteiger partial charge in [0, 0.05) is 12.8 Å². The molecule has 0 aromatic heterocycles. The van der Waals surface area contributed by atoms with Crippen LogP contribution in [0.25, 0.3) is 0 Å². The summed E-state index contributed by atoms with van der Waals surface area (Å²) in [6, 6.07) is 0. The number of rotatable bonds is 38. The number of hydrogen-bond acceptors (Lipinski definition) is 7. The molecule has 0 saturated heterocycles. The molecular weight excluding hydrogens is 737 g/mol. The van der Waals surface area contributed by atoms with Crippen LogP contribution in [0.5, 0.6) is 0 Å². The van der Waals surface area contributed by atoms with Crippen LogP contribution in [0, 0.1) is 0 Å². The van der Waals surface area contributed by atoms with Crippen molar-refractivity contribution < 1.29 is 42.1 Å². The van der Waals surface area contributed by atoms with E-state index in [9.17, 15) is 19.0 Å². The molecule has 0 heterocycles. The van der Waals surface area contributed by atoms with Crippen LogP contribution in [0.3, 0.4) is 0 Å². The Balaban J connectivity index is 4.53. The van der Waals surface area contributed by atoms with Gasteiger partial charge in [-0.3, -0.25) is 18.6 Å². The number of quaternary nitrogens is 1. The summed E-state index contributed by atoms with van der Waals surface area (Å²) in [5.41, 5.74) is 0. The molecule has 0 aromatic rings. The molecule has 9 nitrogen and oxygen atoms in total. The predicted molar refractivity (Wildman–Crippen MR) is 238 cm³/mol. The van der Waals surface area contributed by atoms with Gasteiger partial charge in [0.05, 0.1) is 27.7 Å². The molecule has 2 atom stereocenters. The van der Waals surface area contributed by atoms with E-state index < -0.39 is 32.5 Å². The standard InChI is InChI=1S/C47H80NO8P/c1-6-8-10-12-14-16-18-20-22-23-24-25-26-28-30-32-34-36-38-40-47(50)56-45(44-55-57(51,52)54-42-41-48(3,4)5)43-53-46(49)39-37-35-33-31-29-27-21-19-17-15-13-11-9-7-2/h8,10,14,16,19-22,24-25,28,30,34,36,45H,6-7,9,11-13,15,17-18,23,26-27,29,31-33,35,37-44H2,1-5H3/p+1/b10-8-,16-14-,21-19-,22-20-,25-24-,30-28-,36-34-/t45-/m1/s1. The van der Waals surface area contributed by atoms with Gasteiger partial charge in [0.15, 0.2) is 6.10 Å². The predicted octanol–water partition coefficient (Wildman–Crippen LogP) is 12.4. The summed E-state index contributed by atoms with van der Waals surface area (Å²) >= 11 is 0. The fraction of sp³-hybridized carbons (Fsp3) is 0.660. The minimum absolute atomic E-state index is 0.0125. The molecule has 0 aromatic carbocycles. The average molecular weight is 819 g/mol. The largest absolute Gasteiger partial charge is 0.472 e. The third-order valence-corrected chi connectivity index (χ3v) is 9.66. The van der Waals surface area contributed by atoms with Crippen LogP contribution in [0.4, 0.5) is 0 Å². The second kappa shape index (κ2) is 38.7. The van der Waals surface area contributed by atoms with E-state index in [0.29, 0.717) is 23.9 Å². The zero-order valence-electron chi connectivity index (χ0n) is 36.5. The van der Waals surface area contributed by atoms with Crippen molar-refractivity contribution in [1.29, 1.82) is 0 Å². The molecule has 0 spiro atoms. The second-order valence-electron chi connectivity index (χ2n) is 15.3. The summed E-state index contributed by atoms with van der Waals surface area (Å²) in [4.78, 5) is 35.3. The van der Waals surface area contributed by atoms with Crippen molar-refractivity contribution in [3.63, 3.8) is 0 Å². The van der Waals surface area contributed by atoms with Crippen molar-refractivity contribution in [2.45, 2.75) is 155 Å². The van der Waals surface area contributed by atoms with E-state index in [-0.39, 0.29) is 26.1 Å². The van der Waals surface area contributed by atoms with Crippen LogP contribution in [0.2, 0.25) is 0 Å². The number of unbranched alkanes of at least 4 members (excludes halogenated alkanes) is 10. The summed E-state index contributed by atoms with van der Waals surface area (Å²) in [7, 11) is 1.41. The van der Waals surface area contributed by atoms with E-state index in [4.69, 9.17) is 18.5 Å². The Morgan fingerprint density at radius 3 is 1.56 bits per heavy atom. The highest BCUT2D eigenvalue weighted by molar-refractivity contribution is 7.47. The maximum absolute atomic E-state index is 12.7. The van der Waals surface area contributed by atoms with Crippen molar-refractivity contribution in [3.8, 4) is 0 Å². The minimum Gasteiger partial charge on any atom is -0.462 e. The number of likely N-dealkylation sites (N-methyl/N-ethyl adjacent to an activating group) is 1. The van der Waals surface area contributed by atoms with Gasteiger partial charge in [-0.2, -0.15) is 0 Å². The third kappa shape index (κ3) is 42.6. The van der Waals surface area contributed by atoms with Gasteiger partial charge in [-0.1, -0.05) is 144 Å². The number of phosphoric ester groups is 1. The number of nitrogens with zero attached hydrogens (tertiary/aromatic N) is 1. The van der Waals surface area contributed by atoms with E-state index in [0.717, 1.165) is 70.6 Å². The first-order valence-electron chi connectivity index (χ1n) is 21.8. The Morgan fingerprint density at radius 1 is 0.561 bits per heavy atom. The Bertz CT molecular complexity index is 1240. The van der Waals surface area contributed by atoms with Gasteiger partial charge >= 0.3 is 19.8 Å². The maximum atomic E-state index is 12.7. The first kappa shape index (κ1) is 54.2. The molecule has 0 saturated carbocycles. The number of phosphoric acid groups is 1. The lowest BCUT2D eigenvalue weighted by Gasteiger charge is -2.24. The van der Waals surface area contributed by atoms with Gasteiger partial charge in [0.2, 0.25) is 0 Å². The molecule has 0 fully saturated rings. The summed E-state index contributed by atoms with van der Waals surface area (Å²) in [5.74, 6) is -0.915. The quantitative estimate of drug-likeness (QED) is 0.0216. The maximum Gasteiger partial charge on any atom is 0.472 e. The smallest absolute Gasteiger partial charge is 0.462 e. The second-order valence-corrected chi connectivity index (χ2v) is 16.8. The normalized spacial score (nSPS) is 14.4. The molecule has 10 heteroatoms. The van der Waals surface area contributed by atoms with Crippen molar-refractivity contribution >= 4 is 19.8 Å². The first-order valence-corrected chi connectivity index (χ1v) is 23.3. The van der Waals surface area contributed by atoms with Gasteiger partial charge in [-0.15, -0.1) is 0 Å². The lowest BCUT2D eigenvalue weighted by molar-refractivity contribution is -0.870. The van der Waals surface area contributed by atoms with Crippen molar-refractivity contribution in [1.82, 2.24) is 0 Å². The SMILES string of the molecule is CC/C=C\C/C=C\C/C=C\C/C=C\C/C=C\C/C=C\CCC(=O)O[C@H](COC(=O)CCCCCCC/C=C\CCCCCCC)COP(=O)(O)OCC[N+](C)(C)C.